The molecule has 9 aliphatic rings. The predicted molar refractivity (Wildman–Crippen MR) is 277 cm³/mol. The van der Waals surface area contributed by atoms with Crippen molar-refractivity contribution in [2.24, 2.45) is 81.8 Å². The molecule has 7 fully saturated rings. The quantitative estimate of drug-likeness (QED) is 0.0874. The van der Waals surface area contributed by atoms with Crippen molar-refractivity contribution in [2.75, 3.05) is 20.3 Å². The molecule has 0 aromatic heterocycles. The molecule has 3 N–H and O–H groups in total. The van der Waals surface area contributed by atoms with Gasteiger partial charge in [0.1, 0.15) is 0 Å². The summed E-state index contributed by atoms with van der Waals surface area (Å²) in [5.74, 6) is 9.51. The van der Waals surface area contributed by atoms with E-state index in [9.17, 15) is 20.1 Å². The van der Waals surface area contributed by atoms with Gasteiger partial charge in [-0.1, -0.05) is 79.7 Å². The summed E-state index contributed by atoms with van der Waals surface area (Å²) >= 11 is 0. The average Bonchev–Trinajstić information content (AvgIpc) is 4.04. The predicted octanol–water partition coefficient (Wildman–Crippen LogP) is 11.9. The van der Waals surface area contributed by atoms with Crippen molar-refractivity contribution >= 4 is 5.97 Å². The zero-order valence-electron chi connectivity index (χ0n) is 44.0. The van der Waals surface area contributed by atoms with Crippen LogP contribution in [0.25, 0.3) is 0 Å². The number of rotatable bonds is 10. The number of methoxy groups -OCH3 is 1. The second-order valence-corrected chi connectivity index (χ2v) is 24.9. The molecule has 1 saturated heterocycles. The fraction of sp³-hybridized carbons (Fsp3) is 0.900. The van der Waals surface area contributed by atoms with Crippen molar-refractivity contribution in [1.82, 2.24) is 0 Å². The van der Waals surface area contributed by atoms with Gasteiger partial charge in [-0.05, 0) is 243 Å². The van der Waals surface area contributed by atoms with Crippen molar-refractivity contribution in [3.8, 4) is 0 Å². The summed E-state index contributed by atoms with van der Waals surface area (Å²) in [5.41, 5.74) is 2.76. The number of hydrogen-bond donors (Lipinski definition) is 3. The van der Waals surface area contributed by atoms with Crippen LogP contribution in [0.1, 0.15) is 224 Å². The largest absolute Gasteiger partial charge is 1.00 e. The van der Waals surface area contributed by atoms with E-state index in [-0.39, 0.29) is 47.1 Å². The van der Waals surface area contributed by atoms with Gasteiger partial charge in [-0.15, -0.1) is 0 Å². The smallest absolute Gasteiger partial charge is 0.469 e. The Balaban J connectivity index is 0.000000304. The third-order valence-electron chi connectivity index (χ3n) is 21.1. The van der Waals surface area contributed by atoms with Gasteiger partial charge in [0.05, 0.1) is 23.9 Å². The third kappa shape index (κ3) is 13.1. The van der Waals surface area contributed by atoms with Gasteiger partial charge in [-0.3, -0.25) is 4.79 Å². The van der Waals surface area contributed by atoms with Crippen molar-refractivity contribution in [3.63, 3.8) is 0 Å². The van der Waals surface area contributed by atoms with Crippen LogP contribution in [0.2, 0.25) is 0 Å². The minimum absolute atomic E-state index is 0. The topological polar surface area (TPSA) is 96.2 Å². The summed E-state index contributed by atoms with van der Waals surface area (Å²) in [6.45, 7) is 20.2. The Morgan fingerprint density at radius 2 is 1.15 bits per heavy atom. The molecule has 0 amide bonds. The molecule has 67 heavy (non-hydrogen) atoms. The van der Waals surface area contributed by atoms with Crippen LogP contribution in [-0.2, 0) is 14.3 Å². The summed E-state index contributed by atoms with van der Waals surface area (Å²) < 4.78 is 9.82. The molecule has 1 aliphatic heterocycles. The zero-order valence-corrected chi connectivity index (χ0v) is 44.0. The first-order chi connectivity index (χ1) is 29.9. The van der Waals surface area contributed by atoms with Gasteiger partial charge in [-0.25, -0.2) is 0 Å². The number of carbonyl (C=O) groups excluding carboxylic acids is 1. The maximum atomic E-state index is 11.6. The van der Waals surface area contributed by atoms with E-state index >= 15 is 0 Å². The van der Waals surface area contributed by atoms with Gasteiger partial charge >= 0.3 is 24.8 Å². The van der Waals surface area contributed by atoms with Gasteiger partial charge in [0.25, 0.3) is 0 Å². The van der Waals surface area contributed by atoms with E-state index in [1.165, 1.54) is 97.0 Å². The summed E-state index contributed by atoms with van der Waals surface area (Å²) in [5, 5.41) is 31.9. The summed E-state index contributed by atoms with van der Waals surface area (Å²) in [6, 6.07) is 0. The monoisotopic (exact) mass is 931 g/mol. The molecule has 6 saturated carbocycles. The Labute approximate surface area is 426 Å². The first kappa shape index (κ1) is 60.7. The Morgan fingerprint density at radius 3 is 1.52 bits per heavy atom. The van der Waals surface area contributed by atoms with Crippen LogP contribution in [0.3, 0.4) is 0 Å². The normalized spacial score (nSPS) is 41.0. The number of hydrogen-bond acceptors (Lipinski definition) is 6. The summed E-state index contributed by atoms with van der Waals surface area (Å²) in [6.07, 6.45) is 32.9. The van der Waals surface area contributed by atoms with Crippen molar-refractivity contribution in [3.05, 3.63) is 30.7 Å². The van der Waals surface area contributed by atoms with Gasteiger partial charge in [0.2, 0.25) is 0 Å². The Hall–Kier alpha value is -0.613. The van der Waals surface area contributed by atoms with Crippen LogP contribution in [0.5, 0.6) is 0 Å². The van der Waals surface area contributed by atoms with Crippen LogP contribution in [0.15, 0.2) is 23.3 Å². The van der Waals surface area contributed by atoms with E-state index in [1.807, 2.05) is 13.8 Å². The van der Waals surface area contributed by atoms with Crippen LogP contribution in [0.4, 0.5) is 0 Å². The number of aliphatic hydroxyl groups is 3. The molecule has 7 heteroatoms. The molecule has 6 nitrogen and oxygen atoms in total. The van der Waals surface area contributed by atoms with Gasteiger partial charge in [0.15, 0.2) is 0 Å². The van der Waals surface area contributed by atoms with Gasteiger partial charge < -0.3 is 32.2 Å². The SMILES string of the molecule is C.C.C1CCOC1.CC[C@]1(O)CC[C@H]2C(=CC[C@@H]3[C@@H]2CC[C@]2(C)[C@@H]([C@H](C)CCC(=O)OC)CC[C@@H]32)C1.CC[C@]1(O)CC[C@H]2C(=CC[C@@H]3[C@@H]2CC[C@]2(C)[C@@H]([C@H](C)CCC(C)(C)O)CC[C@@H]32)C1.[CH3-].[Li+]. The van der Waals surface area contributed by atoms with Crippen LogP contribution in [-0.4, -0.2) is 58.4 Å². The van der Waals surface area contributed by atoms with E-state index in [2.05, 4.69) is 53.7 Å². The van der Waals surface area contributed by atoms with E-state index in [4.69, 9.17) is 9.47 Å². The van der Waals surface area contributed by atoms with Gasteiger partial charge in [0, 0.05) is 19.6 Å². The number of ether oxygens (including phenoxy) is 2. The average molecular weight is 931 g/mol. The second kappa shape index (κ2) is 24.9. The summed E-state index contributed by atoms with van der Waals surface area (Å²) in [7, 11) is 1.50. The summed E-state index contributed by atoms with van der Waals surface area (Å²) in [4.78, 5) is 11.6. The first-order valence-corrected chi connectivity index (χ1v) is 27.1. The fourth-order valence-corrected chi connectivity index (χ4v) is 17.2. The van der Waals surface area contributed by atoms with E-state index in [0.29, 0.717) is 23.2 Å². The molecule has 0 radical (unpaired) electrons. The molecule has 0 spiro atoms. The standard InChI is InChI=1S/C27H46O2.C26H42O3.C4H8O.2CH4.CH3.Li/c1-6-27(29)16-13-20-19(17-27)7-8-22-21(20)12-15-26(5)23(9-10-24(22)26)18(2)11-14-25(3,4)28;1-5-26(28)15-13-19-18(16-26)7-8-21-20(19)12-14-25(3)22(9-10-23(21)25)17(2)6-11-24(27)29-4;1-2-4-5-3-1;;;;/h7,18,20-24,28-29H,6,8-17H2,1-5H3;7,17,19-23,28H,5-6,8-16H2,1-4H3;1-4H2;2*1H4;1H3;/q;;;;;-1;+1/t18-,20+,21-,22-,23-,24+,26-,27+;17-,19+,20-,21-,22-,23+,25-,26+;;;;;/m11...../s1. The van der Waals surface area contributed by atoms with Crippen molar-refractivity contribution < 1.29 is 48.4 Å². The molecular weight excluding hydrogens is 824 g/mol. The molecule has 0 bridgehead atoms. The fourth-order valence-electron chi connectivity index (χ4n) is 17.2. The molecule has 0 aromatic rings. The molecule has 16 atom stereocenters. The maximum absolute atomic E-state index is 11.6. The molecule has 9 rings (SSSR count). The van der Waals surface area contributed by atoms with Crippen molar-refractivity contribution in [1.29, 1.82) is 0 Å². The number of allylic oxidation sites excluding steroid dienone is 2. The minimum Gasteiger partial charge on any atom is -0.469 e. The Morgan fingerprint density at radius 1 is 0.716 bits per heavy atom. The van der Waals surface area contributed by atoms with E-state index < -0.39 is 16.8 Å². The molecule has 8 aliphatic carbocycles. The molecule has 384 valence electrons. The van der Waals surface area contributed by atoms with E-state index in [0.717, 1.165) is 136 Å². The van der Waals surface area contributed by atoms with Crippen LogP contribution < -0.4 is 18.9 Å². The molecule has 1 heterocycles. The second-order valence-electron chi connectivity index (χ2n) is 24.9. The minimum atomic E-state index is -0.531. The molecule has 0 aromatic carbocycles. The van der Waals surface area contributed by atoms with Gasteiger partial charge in [-0.2, -0.15) is 0 Å². The zero-order chi connectivity index (χ0) is 45.4. The first-order valence-electron chi connectivity index (χ1n) is 27.1. The molecule has 0 unspecified atom stereocenters. The van der Waals surface area contributed by atoms with Crippen LogP contribution in [0, 0.1) is 89.3 Å². The van der Waals surface area contributed by atoms with Crippen molar-refractivity contribution in [2.45, 2.75) is 241 Å². The van der Waals surface area contributed by atoms with E-state index in [1.54, 1.807) is 11.1 Å². The number of carbonyl (C=O) groups is 1. The van der Waals surface area contributed by atoms with Crippen LogP contribution >= 0.6 is 0 Å². The Bertz CT molecular complexity index is 1590. The maximum Gasteiger partial charge on any atom is 1.00 e. The third-order valence-corrected chi connectivity index (χ3v) is 21.1. The number of esters is 1. The molecular formula is C60H107LiO6. The number of fused-ring (bicyclic) bond motifs is 10. The Kier molecular flexibility index (Phi) is 22.5.